The molecule has 0 saturated carbocycles. The van der Waals surface area contributed by atoms with Crippen molar-refractivity contribution in [2.24, 2.45) is 5.73 Å². The van der Waals surface area contributed by atoms with Gasteiger partial charge in [0.2, 0.25) is 0 Å². The van der Waals surface area contributed by atoms with Gasteiger partial charge in [0.15, 0.2) is 0 Å². The lowest BCUT2D eigenvalue weighted by Gasteiger charge is -2.28. The molecular weight excluding hydrogens is 220 g/mol. The summed E-state index contributed by atoms with van der Waals surface area (Å²) in [5, 5.41) is 3.55. The van der Waals surface area contributed by atoms with Crippen molar-refractivity contribution in [1.29, 1.82) is 0 Å². The van der Waals surface area contributed by atoms with Crippen molar-refractivity contribution < 1.29 is 0 Å². The quantitative estimate of drug-likeness (QED) is 0.728. The average molecular weight is 248 g/mol. The van der Waals surface area contributed by atoms with Crippen molar-refractivity contribution in [2.45, 2.75) is 46.0 Å². The highest BCUT2D eigenvalue weighted by atomic mass is 14.9. The van der Waals surface area contributed by atoms with Gasteiger partial charge in [-0.05, 0) is 50.9 Å². The number of unbranched alkanes of at least 4 members (excludes halogenated alkanes) is 1. The van der Waals surface area contributed by atoms with Crippen LogP contribution < -0.4 is 11.1 Å². The molecule has 0 heterocycles. The minimum Gasteiger partial charge on any atom is -0.330 e. The standard InChI is InChI=1S/C16H28N2/c1-13-7-8-15(14(2)11-13)16(3,4)12-18-10-6-5-9-17/h7-8,11,18H,5-6,9-10,12,17H2,1-4H3. The first kappa shape index (κ1) is 15.2. The van der Waals surface area contributed by atoms with E-state index in [0.29, 0.717) is 0 Å². The van der Waals surface area contributed by atoms with E-state index in [-0.39, 0.29) is 5.41 Å². The van der Waals surface area contributed by atoms with Gasteiger partial charge in [0, 0.05) is 12.0 Å². The topological polar surface area (TPSA) is 38.0 Å². The van der Waals surface area contributed by atoms with Crippen LogP contribution in [0, 0.1) is 13.8 Å². The van der Waals surface area contributed by atoms with Gasteiger partial charge in [0.25, 0.3) is 0 Å². The summed E-state index contributed by atoms with van der Waals surface area (Å²) in [4.78, 5) is 0. The van der Waals surface area contributed by atoms with E-state index in [0.717, 1.165) is 26.1 Å². The molecule has 0 amide bonds. The van der Waals surface area contributed by atoms with E-state index in [1.807, 2.05) is 0 Å². The first-order valence-electron chi connectivity index (χ1n) is 6.96. The van der Waals surface area contributed by atoms with E-state index in [1.54, 1.807) is 0 Å². The average Bonchev–Trinajstić information content (AvgIpc) is 2.28. The first-order chi connectivity index (χ1) is 8.47. The molecule has 0 spiro atoms. The molecule has 2 nitrogen and oxygen atoms in total. The van der Waals surface area contributed by atoms with Crippen molar-refractivity contribution in [3.8, 4) is 0 Å². The van der Waals surface area contributed by atoms with Crippen LogP contribution in [0.2, 0.25) is 0 Å². The maximum atomic E-state index is 5.49. The van der Waals surface area contributed by atoms with Crippen molar-refractivity contribution >= 4 is 0 Å². The molecule has 1 rings (SSSR count). The summed E-state index contributed by atoms with van der Waals surface area (Å²) in [5.74, 6) is 0. The molecule has 1 aromatic carbocycles. The van der Waals surface area contributed by atoms with E-state index in [4.69, 9.17) is 5.73 Å². The highest BCUT2D eigenvalue weighted by Gasteiger charge is 2.21. The van der Waals surface area contributed by atoms with Crippen LogP contribution >= 0.6 is 0 Å². The Balaban J connectivity index is 2.56. The molecule has 0 aliphatic carbocycles. The van der Waals surface area contributed by atoms with Gasteiger partial charge in [0.1, 0.15) is 0 Å². The van der Waals surface area contributed by atoms with E-state index in [9.17, 15) is 0 Å². The summed E-state index contributed by atoms with van der Waals surface area (Å²) in [6, 6.07) is 6.75. The maximum Gasteiger partial charge on any atom is 0.00432 e. The van der Waals surface area contributed by atoms with Crippen LogP contribution in [0.5, 0.6) is 0 Å². The number of aryl methyl sites for hydroxylation is 2. The Morgan fingerprint density at radius 3 is 2.50 bits per heavy atom. The Bertz CT molecular complexity index is 369. The lowest BCUT2D eigenvalue weighted by atomic mass is 9.81. The van der Waals surface area contributed by atoms with Gasteiger partial charge in [0.05, 0.1) is 0 Å². The van der Waals surface area contributed by atoms with Crippen LogP contribution in [0.3, 0.4) is 0 Å². The van der Waals surface area contributed by atoms with Gasteiger partial charge in [-0.2, -0.15) is 0 Å². The first-order valence-corrected chi connectivity index (χ1v) is 6.96. The molecule has 0 saturated heterocycles. The minimum atomic E-state index is 0.181. The van der Waals surface area contributed by atoms with Gasteiger partial charge in [-0.1, -0.05) is 37.6 Å². The molecule has 18 heavy (non-hydrogen) atoms. The second kappa shape index (κ2) is 6.91. The molecule has 102 valence electrons. The Kier molecular flexibility index (Phi) is 5.83. The Morgan fingerprint density at radius 2 is 1.89 bits per heavy atom. The summed E-state index contributed by atoms with van der Waals surface area (Å²) in [6.07, 6.45) is 2.27. The van der Waals surface area contributed by atoms with E-state index >= 15 is 0 Å². The summed E-state index contributed by atoms with van der Waals surface area (Å²) >= 11 is 0. The van der Waals surface area contributed by atoms with Crippen molar-refractivity contribution in [3.05, 3.63) is 34.9 Å². The predicted octanol–water partition coefficient (Wildman–Crippen LogP) is 2.91. The zero-order valence-electron chi connectivity index (χ0n) is 12.3. The number of hydrogen-bond acceptors (Lipinski definition) is 2. The molecular formula is C16H28N2. The Morgan fingerprint density at radius 1 is 1.17 bits per heavy atom. The monoisotopic (exact) mass is 248 g/mol. The summed E-state index contributed by atoms with van der Waals surface area (Å²) < 4.78 is 0. The van der Waals surface area contributed by atoms with Crippen molar-refractivity contribution in [1.82, 2.24) is 5.32 Å². The fraction of sp³-hybridized carbons (Fsp3) is 0.625. The fourth-order valence-corrected chi connectivity index (χ4v) is 2.46. The third kappa shape index (κ3) is 4.43. The summed E-state index contributed by atoms with van der Waals surface area (Å²) in [7, 11) is 0. The normalized spacial score (nSPS) is 11.8. The molecule has 0 bridgehead atoms. The Labute approximate surface area is 112 Å². The third-order valence-corrected chi connectivity index (χ3v) is 3.49. The van der Waals surface area contributed by atoms with E-state index in [1.165, 1.54) is 23.1 Å². The predicted molar refractivity (Wildman–Crippen MR) is 80.1 cm³/mol. The number of nitrogens with two attached hydrogens (primary N) is 1. The lowest BCUT2D eigenvalue weighted by Crippen LogP contribution is -2.34. The Hall–Kier alpha value is -0.860. The zero-order valence-corrected chi connectivity index (χ0v) is 12.3. The molecule has 0 radical (unpaired) electrons. The van der Waals surface area contributed by atoms with Gasteiger partial charge in [-0.25, -0.2) is 0 Å². The minimum absolute atomic E-state index is 0.181. The van der Waals surface area contributed by atoms with E-state index < -0.39 is 0 Å². The molecule has 1 aromatic rings. The molecule has 0 aliphatic heterocycles. The molecule has 0 unspecified atom stereocenters. The van der Waals surface area contributed by atoms with Crippen LogP contribution in [-0.2, 0) is 5.41 Å². The second-order valence-corrected chi connectivity index (χ2v) is 5.87. The van der Waals surface area contributed by atoms with Gasteiger partial charge >= 0.3 is 0 Å². The van der Waals surface area contributed by atoms with Crippen molar-refractivity contribution in [2.75, 3.05) is 19.6 Å². The number of rotatable bonds is 7. The van der Waals surface area contributed by atoms with Crippen molar-refractivity contribution in [3.63, 3.8) is 0 Å². The zero-order chi connectivity index (χ0) is 13.6. The number of hydrogen-bond donors (Lipinski definition) is 2. The molecule has 0 aromatic heterocycles. The molecule has 3 N–H and O–H groups in total. The summed E-state index contributed by atoms with van der Waals surface area (Å²) in [5.41, 5.74) is 9.85. The maximum absolute atomic E-state index is 5.49. The van der Waals surface area contributed by atoms with Crippen LogP contribution in [-0.4, -0.2) is 19.6 Å². The van der Waals surface area contributed by atoms with Crippen LogP contribution in [0.15, 0.2) is 18.2 Å². The highest BCUT2D eigenvalue weighted by Crippen LogP contribution is 2.26. The highest BCUT2D eigenvalue weighted by molar-refractivity contribution is 5.35. The van der Waals surface area contributed by atoms with Gasteiger partial charge in [-0.15, -0.1) is 0 Å². The second-order valence-electron chi connectivity index (χ2n) is 5.87. The summed E-state index contributed by atoms with van der Waals surface area (Å²) in [6.45, 7) is 11.8. The smallest absolute Gasteiger partial charge is 0.00432 e. The lowest BCUT2D eigenvalue weighted by molar-refractivity contribution is 0.462. The molecule has 0 aliphatic rings. The fourth-order valence-electron chi connectivity index (χ4n) is 2.46. The number of nitrogens with one attached hydrogen (secondary N) is 1. The SMILES string of the molecule is Cc1ccc(C(C)(C)CNCCCCN)c(C)c1. The van der Waals surface area contributed by atoms with Gasteiger partial charge in [-0.3, -0.25) is 0 Å². The largest absolute Gasteiger partial charge is 0.330 e. The molecule has 0 fully saturated rings. The van der Waals surface area contributed by atoms with Gasteiger partial charge < -0.3 is 11.1 Å². The molecule has 0 atom stereocenters. The van der Waals surface area contributed by atoms with Crippen LogP contribution in [0.25, 0.3) is 0 Å². The van der Waals surface area contributed by atoms with Crippen LogP contribution in [0.1, 0.15) is 43.4 Å². The van der Waals surface area contributed by atoms with Crippen LogP contribution in [0.4, 0.5) is 0 Å². The van der Waals surface area contributed by atoms with E-state index in [2.05, 4.69) is 51.2 Å². The third-order valence-electron chi connectivity index (χ3n) is 3.49. The molecule has 2 heteroatoms. The number of benzene rings is 1.